The van der Waals surface area contributed by atoms with Crippen molar-refractivity contribution in [3.63, 3.8) is 0 Å². The van der Waals surface area contributed by atoms with Crippen molar-refractivity contribution in [3.05, 3.63) is 109 Å². The van der Waals surface area contributed by atoms with E-state index < -0.39 is 20.0 Å². The van der Waals surface area contributed by atoms with E-state index in [0.717, 1.165) is 77.0 Å². The highest BCUT2D eigenvalue weighted by Gasteiger charge is 2.26. The first kappa shape index (κ1) is 55.2. The van der Waals surface area contributed by atoms with Crippen LogP contribution in [-0.4, -0.2) is 47.8 Å². The third-order valence-corrected chi connectivity index (χ3v) is 10.0. The zero-order valence-corrected chi connectivity index (χ0v) is 37.4. The van der Waals surface area contributed by atoms with E-state index in [1.807, 2.05) is 6.08 Å². The summed E-state index contributed by atoms with van der Waals surface area (Å²) in [6, 6.07) is -0.915. The van der Waals surface area contributed by atoms with Crippen LogP contribution < -0.4 is 11.1 Å². The van der Waals surface area contributed by atoms with Crippen LogP contribution >= 0.6 is 7.82 Å². The molecule has 0 aromatic heterocycles. The maximum Gasteiger partial charge on any atom is 0.472 e. The maximum absolute atomic E-state index is 12.8. The van der Waals surface area contributed by atoms with Gasteiger partial charge in [0.05, 0.1) is 25.4 Å². The van der Waals surface area contributed by atoms with Gasteiger partial charge in [-0.2, -0.15) is 0 Å². The lowest BCUT2D eigenvalue weighted by Gasteiger charge is -2.23. The molecule has 0 aliphatic carbocycles. The summed E-state index contributed by atoms with van der Waals surface area (Å²) >= 11 is 0. The van der Waals surface area contributed by atoms with Crippen molar-refractivity contribution >= 4 is 13.7 Å². The molecule has 0 radical (unpaired) electrons. The average molecular weight is 827 g/mol. The van der Waals surface area contributed by atoms with Gasteiger partial charge < -0.3 is 21.1 Å². The summed E-state index contributed by atoms with van der Waals surface area (Å²) in [5.41, 5.74) is 5.37. The Labute approximate surface area is 354 Å². The van der Waals surface area contributed by atoms with E-state index in [2.05, 4.69) is 116 Å². The monoisotopic (exact) mass is 827 g/mol. The number of hydrogen-bond donors (Lipinski definition) is 4. The lowest BCUT2D eigenvalue weighted by atomic mass is 10.1. The number of unbranched alkanes of at least 4 members (excludes halogenated alkanes) is 12. The lowest BCUT2D eigenvalue weighted by Crippen LogP contribution is -2.45. The van der Waals surface area contributed by atoms with Crippen LogP contribution in [0.2, 0.25) is 0 Å². The van der Waals surface area contributed by atoms with Crippen LogP contribution in [0.5, 0.6) is 0 Å². The van der Waals surface area contributed by atoms with Gasteiger partial charge in [-0.15, -0.1) is 0 Å². The molecule has 0 rings (SSSR count). The molecule has 1 amide bonds. The molecule has 3 atom stereocenters. The number of carbonyl (C=O) groups is 1. The van der Waals surface area contributed by atoms with Gasteiger partial charge in [0.1, 0.15) is 0 Å². The topological polar surface area (TPSA) is 131 Å². The van der Waals surface area contributed by atoms with Crippen molar-refractivity contribution in [3.8, 4) is 0 Å². The van der Waals surface area contributed by atoms with Crippen molar-refractivity contribution in [1.82, 2.24) is 5.32 Å². The molecule has 8 nitrogen and oxygen atoms in total. The second-order valence-electron chi connectivity index (χ2n) is 14.5. The highest BCUT2D eigenvalue weighted by Crippen LogP contribution is 2.43. The third kappa shape index (κ3) is 41.3. The third-order valence-electron chi connectivity index (χ3n) is 9.06. The molecule has 9 heteroatoms. The average Bonchev–Trinajstić information content (AvgIpc) is 3.21. The molecular formula is C49H83N2O6P. The van der Waals surface area contributed by atoms with E-state index in [1.54, 1.807) is 6.08 Å². The summed E-state index contributed by atoms with van der Waals surface area (Å²) in [6.07, 6.45) is 61.4. The summed E-state index contributed by atoms with van der Waals surface area (Å²) in [4.78, 5) is 22.7. The van der Waals surface area contributed by atoms with Gasteiger partial charge in [0.15, 0.2) is 0 Å². The second-order valence-corrected chi connectivity index (χ2v) is 16.0. The zero-order chi connectivity index (χ0) is 42.5. The molecule has 0 aliphatic heterocycles. The molecule has 0 aromatic carbocycles. The molecule has 330 valence electrons. The molecule has 5 N–H and O–H groups in total. The summed E-state index contributed by atoms with van der Waals surface area (Å²) in [7, 11) is -4.37. The quantitative estimate of drug-likeness (QED) is 0.0275. The molecule has 0 aromatic rings. The van der Waals surface area contributed by atoms with Gasteiger partial charge in [-0.25, -0.2) is 4.57 Å². The number of phosphoric acid groups is 1. The first-order valence-corrected chi connectivity index (χ1v) is 24.0. The molecule has 0 aliphatic rings. The predicted molar refractivity (Wildman–Crippen MR) is 249 cm³/mol. The van der Waals surface area contributed by atoms with Gasteiger partial charge in [0.25, 0.3) is 0 Å². The Bertz CT molecular complexity index is 1270. The Morgan fingerprint density at radius 2 is 1.02 bits per heavy atom. The number of nitrogens with two attached hydrogens (primary N) is 1. The summed E-state index contributed by atoms with van der Waals surface area (Å²) in [5.74, 6) is -0.255. The number of nitrogens with one attached hydrogen (secondary N) is 1. The van der Waals surface area contributed by atoms with Crippen molar-refractivity contribution in [2.45, 2.75) is 174 Å². The Morgan fingerprint density at radius 3 is 1.53 bits per heavy atom. The Morgan fingerprint density at radius 1 is 0.586 bits per heavy atom. The predicted octanol–water partition coefficient (Wildman–Crippen LogP) is 12.9. The van der Waals surface area contributed by atoms with Crippen molar-refractivity contribution in [2.24, 2.45) is 5.73 Å². The molecule has 3 unspecified atom stereocenters. The first-order chi connectivity index (χ1) is 28.4. The zero-order valence-electron chi connectivity index (χ0n) is 36.5. The number of phosphoric ester groups is 1. The number of amides is 1. The second kappa shape index (κ2) is 43.7. The van der Waals surface area contributed by atoms with E-state index in [0.29, 0.717) is 6.42 Å². The number of aliphatic hydroxyl groups excluding tert-OH is 1. The number of carbonyl (C=O) groups excluding carboxylic acids is 1. The Balaban J connectivity index is 4.40. The molecule has 58 heavy (non-hydrogen) atoms. The minimum absolute atomic E-state index is 0.0580. The van der Waals surface area contributed by atoms with E-state index in [4.69, 9.17) is 14.8 Å². The fraction of sp³-hybridized carbons (Fsp3) is 0.612. The maximum atomic E-state index is 12.8. The van der Waals surface area contributed by atoms with E-state index in [9.17, 15) is 19.4 Å². The largest absolute Gasteiger partial charge is 0.472 e. The minimum Gasteiger partial charge on any atom is -0.387 e. The molecule has 0 heterocycles. The number of allylic oxidation sites excluding steroid dienone is 17. The van der Waals surface area contributed by atoms with Crippen LogP contribution in [-0.2, 0) is 18.4 Å². The lowest BCUT2D eigenvalue weighted by molar-refractivity contribution is -0.123. The summed E-state index contributed by atoms with van der Waals surface area (Å²) in [6.45, 7) is 3.93. The molecule has 0 saturated carbocycles. The van der Waals surface area contributed by atoms with E-state index >= 15 is 0 Å². The van der Waals surface area contributed by atoms with Crippen molar-refractivity contribution in [1.29, 1.82) is 0 Å². The fourth-order valence-electron chi connectivity index (χ4n) is 5.69. The molecular weight excluding hydrogens is 744 g/mol. The standard InChI is InChI=1S/C49H83N2O6P/c1-3-5-7-9-11-13-15-17-19-21-23-24-25-27-29-31-33-35-37-39-41-43-49(53)51-47(46-57-58(54,55)56-45-44-50)48(52)42-40-38-36-34-32-30-28-26-22-20-18-16-14-12-10-8-6-4-2/h5,7,11,13,17,19,22-24,26-27,29,32-35,40,42,47-48,52H,3-4,6,8-10,12,14-16,18,20-21,25,28,30-31,36-39,41,43-46,50H2,1-2H3,(H,51,53)(H,54,55)/b7-5-,13-11-,19-17-,24-23-,26-22+,29-27-,34-32+,35-33-,42-40+. The highest BCUT2D eigenvalue weighted by molar-refractivity contribution is 7.47. The van der Waals surface area contributed by atoms with Crippen LogP contribution in [0.4, 0.5) is 0 Å². The number of aliphatic hydroxyl groups is 1. The van der Waals surface area contributed by atoms with Crippen LogP contribution in [0.25, 0.3) is 0 Å². The van der Waals surface area contributed by atoms with Crippen LogP contribution in [0.3, 0.4) is 0 Å². The summed E-state index contributed by atoms with van der Waals surface area (Å²) in [5, 5.41) is 13.6. The van der Waals surface area contributed by atoms with Crippen molar-refractivity contribution < 1.29 is 28.4 Å². The van der Waals surface area contributed by atoms with Crippen LogP contribution in [0.15, 0.2) is 109 Å². The fourth-order valence-corrected chi connectivity index (χ4v) is 6.45. The first-order valence-electron chi connectivity index (χ1n) is 22.5. The normalized spacial score (nSPS) is 15.1. The van der Waals surface area contributed by atoms with Gasteiger partial charge in [0.2, 0.25) is 5.91 Å². The molecule has 0 fully saturated rings. The minimum atomic E-state index is -4.37. The van der Waals surface area contributed by atoms with Crippen molar-refractivity contribution in [2.75, 3.05) is 19.8 Å². The van der Waals surface area contributed by atoms with Gasteiger partial charge >= 0.3 is 7.82 Å². The van der Waals surface area contributed by atoms with Gasteiger partial charge in [-0.1, -0.05) is 168 Å². The number of hydrogen-bond acceptors (Lipinski definition) is 6. The summed E-state index contributed by atoms with van der Waals surface area (Å²) < 4.78 is 22.1. The van der Waals surface area contributed by atoms with Crippen LogP contribution in [0.1, 0.15) is 162 Å². The number of rotatable bonds is 40. The van der Waals surface area contributed by atoms with E-state index in [1.165, 1.54) is 57.8 Å². The SMILES string of the molecule is CC/C=C\C/C=C\C/C=C\C/C=C\C/C=C\C/C=C\CCCCC(=O)NC(COP(=O)(O)OCCN)C(O)/C=C/CC/C=C/CC/C=C/CCCCCCCCCC. The van der Waals surface area contributed by atoms with Gasteiger partial charge in [-0.05, 0) is 96.3 Å². The van der Waals surface area contributed by atoms with E-state index in [-0.39, 0.29) is 32.1 Å². The van der Waals surface area contributed by atoms with Crippen LogP contribution in [0, 0.1) is 0 Å². The van der Waals surface area contributed by atoms with Gasteiger partial charge in [0, 0.05) is 13.0 Å². The Kier molecular flexibility index (Phi) is 41.6. The molecule has 0 spiro atoms. The molecule has 0 bridgehead atoms. The van der Waals surface area contributed by atoms with Gasteiger partial charge in [-0.3, -0.25) is 13.8 Å². The Hall–Kier alpha value is -2.84. The smallest absolute Gasteiger partial charge is 0.387 e. The molecule has 0 saturated heterocycles. The highest BCUT2D eigenvalue weighted by atomic mass is 31.2.